The van der Waals surface area contributed by atoms with Crippen molar-refractivity contribution >= 4 is 5.97 Å². The highest BCUT2D eigenvalue weighted by Gasteiger charge is 2.10. The molecular formula is C11H17NO4. The number of ether oxygens (including phenoxy) is 1. The molecule has 1 heterocycles. The van der Waals surface area contributed by atoms with Crippen LogP contribution < -0.4 is 5.32 Å². The summed E-state index contributed by atoms with van der Waals surface area (Å²) in [5.74, 6) is 0.229. The number of furan rings is 1. The van der Waals surface area contributed by atoms with Crippen molar-refractivity contribution in [3.63, 3.8) is 0 Å². The molecule has 1 atom stereocenters. The topological polar surface area (TPSA) is 71.7 Å². The summed E-state index contributed by atoms with van der Waals surface area (Å²) in [6.07, 6.45) is 1.72. The Balaban J connectivity index is 2.38. The molecule has 1 aromatic heterocycles. The summed E-state index contributed by atoms with van der Waals surface area (Å²) in [4.78, 5) is 11.1. The van der Waals surface area contributed by atoms with Crippen molar-refractivity contribution in [2.24, 2.45) is 0 Å². The lowest BCUT2D eigenvalue weighted by Gasteiger charge is -2.07. The summed E-state index contributed by atoms with van der Waals surface area (Å²) in [6.45, 7) is 2.90. The number of carbonyl (C=O) groups excluding carboxylic acids is 1. The average molecular weight is 227 g/mol. The van der Waals surface area contributed by atoms with Crippen molar-refractivity contribution in [3.8, 4) is 0 Å². The van der Waals surface area contributed by atoms with Gasteiger partial charge in [0, 0.05) is 6.54 Å². The highest BCUT2D eigenvalue weighted by atomic mass is 16.5. The van der Waals surface area contributed by atoms with Crippen LogP contribution in [0.2, 0.25) is 0 Å². The van der Waals surface area contributed by atoms with E-state index in [1.54, 1.807) is 6.07 Å². The van der Waals surface area contributed by atoms with Gasteiger partial charge in [0.2, 0.25) is 0 Å². The summed E-state index contributed by atoms with van der Waals surface area (Å²) in [5, 5.41) is 12.3. The van der Waals surface area contributed by atoms with Crippen molar-refractivity contribution in [3.05, 3.63) is 23.7 Å². The van der Waals surface area contributed by atoms with Gasteiger partial charge in [-0.15, -0.1) is 0 Å². The molecule has 0 saturated carbocycles. The highest BCUT2D eigenvalue weighted by molar-refractivity contribution is 5.88. The van der Waals surface area contributed by atoms with Crippen LogP contribution >= 0.6 is 0 Å². The number of esters is 1. The van der Waals surface area contributed by atoms with Gasteiger partial charge in [0.1, 0.15) is 12.0 Å². The molecule has 1 unspecified atom stereocenters. The van der Waals surface area contributed by atoms with Gasteiger partial charge in [-0.2, -0.15) is 0 Å². The molecule has 1 rings (SSSR count). The van der Waals surface area contributed by atoms with Gasteiger partial charge in [-0.25, -0.2) is 4.79 Å². The lowest BCUT2D eigenvalue weighted by atomic mass is 10.2. The number of rotatable bonds is 6. The van der Waals surface area contributed by atoms with Crippen molar-refractivity contribution in [2.45, 2.75) is 26.0 Å². The zero-order chi connectivity index (χ0) is 12.0. The number of aliphatic hydroxyl groups excluding tert-OH is 1. The number of methoxy groups -OCH3 is 1. The maximum atomic E-state index is 11.1. The van der Waals surface area contributed by atoms with E-state index in [1.807, 2.05) is 6.92 Å². The number of hydrogen-bond donors (Lipinski definition) is 2. The first-order valence-corrected chi connectivity index (χ1v) is 5.21. The van der Waals surface area contributed by atoms with E-state index in [-0.39, 0.29) is 6.10 Å². The van der Waals surface area contributed by atoms with E-state index in [9.17, 15) is 9.90 Å². The zero-order valence-electron chi connectivity index (χ0n) is 9.53. The number of carbonyl (C=O) groups is 1. The Morgan fingerprint density at radius 1 is 1.69 bits per heavy atom. The molecule has 0 fully saturated rings. The fraction of sp³-hybridized carbons (Fsp3) is 0.545. The summed E-state index contributed by atoms with van der Waals surface area (Å²) in [7, 11) is 1.32. The average Bonchev–Trinajstić information content (AvgIpc) is 2.76. The maximum absolute atomic E-state index is 11.1. The molecule has 2 N–H and O–H groups in total. The second-order valence-corrected chi connectivity index (χ2v) is 3.49. The van der Waals surface area contributed by atoms with Gasteiger partial charge in [0.05, 0.1) is 25.3 Å². The third-order valence-electron chi connectivity index (χ3n) is 2.23. The molecule has 0 aliphatic heterocycles. The minimum absolute atomic E-state index is 0.352. The highest BCUT2D eigenvalue weighted by Crippen LogP contribution is 2.08. The lowest BCUT2D eigenvalue weighted by Crippen LogP contribution is -2.25. The largest absolute Gasteiger partial charge is 0.467 e. The van der Waals surface area contributed by atoms with E-state index < -0.39 is 5.97 Å². The predicted molar refractivity (Wildman–Crippen MR) is 58.1 cm³/mol. The summed E-state index contributed by atoms with van der Waals surface area (Å²) in [6, 6.07) is 1.62. The van der Waals surface area contributed by atoms with E-state index in [0.717, 1.165) is 0 Å². The van der Waals surface area contributed by atoms with E-state index >= 15 is 0 Å². The van der Waals surface area contributed by atoms with Gasteiger partial charge in [0.25, 0.3) is 0 Å². The van der Waals surface area contributed by atoms with Crippen LogP contribution in [0, 0.1) is 0 Å². The smallest absolute Gasteiger partial charge is 0.341 e. The third-order valence-corrected chi connectivity index (χ3v) is 2.23. The molecule has 0 aromatic carbocycles. The zero-order valence-corrected chi connectivity index (χ0v) is 9.53. The Kier molecular flexibility index (Phi) is 5.01. The Labute approximate surface area is 94.4 Å². The first-order valence-electron chi connectivity index (χ1n) is 5.21. The normalized spacial score (nSPS) is 12.4. The van der Waals surface area contributed by atoms with E-state index in [1.165, 1.54) is 13.4 Å². The van der Waals surface area contributed by atoms with Crippen molar-refractivity contribution < 1.29 is 19.1 Å². The van der Waals surface area contributed by atoms with Gasteiger partial charge in [0.15, 0.2) is 0 Å². The van der Waals surface area contributed by atoms with Crippen LogP contribution in [0.1, 0.15) is 29.5 Å². The van der Waals surface area contributed by atoms with Gasteiger partial charge in [-0.1, -0.05) is 6.92 Å². The maximum Gasteiger partial charge on any atom is 0.341 e. The first-order chi connectivity index (χ1) is 7.67. The summed E-state index contributed by atoms with van der Waals surface area (Å²) in [5.41, 5.74) is 0.398. The van der Waals surface area contributed by atoms with Crippen molar-refractivity contribution in [1.82, 2.24) is 5.32 Å². The monoisotopic (exact) mass is 227 g/mol. The predicted octanol–water partition coefficient (Wildman–Crippen LogP) is 0.927. The molecule has 0 saturated heterocycles. The fourth-order valence-electron chi connectivity index (χ4n) is 1.20. The number of nitrogens with one attached hydrogen (secondary N) is 1. The Morgan fingerprint density at radius 2 is 2.44 bits per heavy atom. The fourth-order valence-corrected chi connectivity index (χ4v) is 1.20. The van der Waals surface area contributed by atoms with Crippen LogP contribution in [-0.2, 0) is 11.3 Å². The van der Waals surface area contributed by atoms with Crippen LogP contribution in [-0.4, -0.2) is 30.8 Å². The summed E-state index contributed by atoms with van der Waals surface area (Å²) < 4.78 is 9.71. The molecule has 5 heteroatoms. The van der Waals surface area contributed by atoms with Crippen LogP contribution in [0.4, 0.5) is 0 Å². The van der Waals surface area contributed by atoms with Crippen LogP contribution in [0.25, 0.3) is 0 Å². The molecule has 90 valence electrons. The molecule has 0 amide bonds. The second kappa shape index (κ2) is 6.30. The van der Waals surface area contributed by atoms with Crippen LogP contribution in [0.15, 0.2) is 16.7 Å². The SMILES string of the molecule is CCC(O)CNCc1cc(C(=O)OC)co1. The molecule has 0 spiro atoms. The van der Waals surface area contributed by atoms with Crippen molar-refractivity contribution in [1.29, 1.82) is 0 Å². The van der Waals surface area contributed by atoms with Gasteiger partial charge < -0.3 is 19.6 Å². The van der Waals surface area contributed by atoms with E-state index in [2.05, 4.69) is 10.1 Å². The number of aliphatic hydroxyl groups is 1. The molecular weight excluding hydrogens is 210 g/mol. The lowest BCUT2D eigenvalue weighted by molar-refractivity contribution is 0.0600. The van der Waals surface area contributed by atoms with Gasteiger partial charge in [-0.05, 0) is 12.5 Å². The van der Waals surface area contributed by atoms with Crippen LogP contribution in [0.5, 0.6) is 0 Å². The molecule has 0 aliphatic carbocycles. The minimum atomic E-state index is -0.413. The molecule has 16 heavy (non-hydrogen) atoms. The van der Waals surface area contributed by atoms with Gasteiger partial charge in [-0.3, -0.25) is 0 Å². The summed E-state index contributed by atoms with van der Waals surface area (Å²) >= 11 is 0. The Bertz CT molecular complexity index is 334. The standard InChI is InChI=1S/C11H17NO4/c1-3-9(13)5-12-6-10-4-8(7-16-10)11(14)15-2/h4,7,9,12-13H,3,5-6H2,1-2H3. The Morgan fingerprint density at radius 3 is 3.06 bits per heavy atom. The van der Waals surface area contributed by atoms with Crippen molar-refractivity contribution in [2.75, 3.05) is 13.7 Å². The van der Waals surface area contributed by atoms with Crippen LogP contribution in [0.3, 0.4) is 0 Å². The number of hydrogen-bond acceptors (Lipinski definition) is 5. The molecule has 0 radical (unpaired) electrons. The molecule has 0 bridgehead atoms. The first kappa shape index (κ1) is 12.7. The van der Waals surface area contributed by atoms with E-state index in [4.69, 9.17) is 4.42 Å². The molecule has 0 aliphatic rings. The van der Waals surface area contributed by atoms with Gasteiger partial charge >= 0.3 is 5.97 Å². The minimum Gasteiger partial charge on any atom is -0.467 e. The Hall–Kier alpha value is -1.33. The second-order valence-electron chi connectivity index (χ2n) is 3.49. The molecule has 1 aromatic rings. The molecule has 5 nitrogen and oxygen atoms in total. The third kappa shape index (κ3) is 3.67. The van der Waals surface area contributed by atoms with E-state index in [0.29, 0.717) is 30.8 Å². The quantitative estimate of drug-likeness (QED) is 0.707.